The van der Waals surface area contributed by atoms with Crippen LogP contribution in [0.15, 0.2) is 91.0 Å². The zero-order valence-electron chi connectivity index (χ0n) is 16.6. The van der Waals surface area contributed by atoms with Crippen LogP contribution in [-0.2, 0) is 15.1 Å². The SMILES string of the molecule is CC(=O)Nc1ccc(/C=C/C(=O)NC(C)(c2ccccc2)c2ccccc2)cc1. The summed E-state index contributed by atoms with van der Waals surface area (Å²) in [4.78, 5) is 23.8. The second-order valence-electron chi connectivity index (χ2n) is 6.98. The molecule has 2 N–H and O–H groups in total. The van der Waals surface area contributed by atoms with Gasteiger partial charge in [0.15, 0.2) is 0 Å². The van der Waals surface area contributed by atoms with E-state index in [-0.39, 0.29) is 11.8 Å². The predicted octanol–water partition coefficient (Wildman–Crippen LogP) is 4.74. The van der Waals surface area contributed by atoms with Crippen LogP contribution in [0.1, 0.15) is 30.5 Å². The molecule has 29 heavy (non-hydrogen) atoms. The Bertz CT molecular complexity index is 955. The minimum atomic E-state index is -0.654. The molecule has 146 valence electrons. The van der Waals surface area contributed by atoms with E-state index in [0.29, 0.717) is 0 Å². The third kappa shape index (κ3) is 5.20. The van der Waals surface area contributed by atoms with Crippen molar-refractivity contribution in [2.75, 3.05) is 5.32 Å². The van der Waals surface area contributed by atoms with E-state index in [4.69, 9.17) is 0 Å². The maximum Gasteiger partial charge on any atom is 0.244 e. The first-order valence-electron chi connectivity index (χ1n) is 9.46. The first kappa shape index (κ1) is 20.1. The molecule has 0 saturated heterocycles. The van der Waals surface area contributed by atoms with Gasteiger partial charge in [-0.3, -0.25) is 9.59 Å². The van der Waals surface area contributed by atoms with Crippen LogP contribution in [0, 0.1) is 0 Å². The van der Waals surface area contributed by atoms with E-state index >= 15 is 0 Å². The highest BCUT2D eigenvalue weighted by molar-refractivity contribution is 5.93. The summed E-state index contributed by atoms with van der Waals surface area (Å²) in [6.07, 6.45) is 3.28. The molecule has 3 rings (SSSR count). The molecule has 0 fully saturated rings. The first-order valence-corrected chi connectivity index (χ1v) is 9.46. The molecule has 0 unspecified atom stereocenters. The predicted molar refractivity (Wildman–Crippen MR) is 117 cm³/mol. The average molecular weight is 384 g/mol. The fourth-order valence-corrected chi connectivity index (χ4v) is 3.19. The lowest BCUT2D eigenvalue weighted by Gasteiger charge is -2.31. The van der Waals surface area contributed by atoms with Gasteiger partial charge in [0.1, 0.15) is 0 Å². The van der Waals surface area contributed by atoms with Gasteiger partial charge in [-0.2, -0.15) is 0 Å². The Labute approximate surface area is 171 Å². The van der Waals surface area contributed by atoms with Gasteiger partial charge in [-0.05, 0) is 41.8 Å². The fourth-order valence-electron chi connectivity index (χ4n) is 3.19. The molecule has 2 amide bonds. The molecule has 0 atom stereocenters. The average Bonchev–Trinajstić information content (AvgIpc) is 2.74. The number of hydrogen-bond donors (Lipinski definition) is 2. The summed E-state index contributed by atoms with van der Waals surface area (Å²) in [5, 5.41) is 5.87. The summed E-state index contributed by atoms with van der Waals surface area (Å²) < 4.78 is 0. The third-order valence-corrected chi connectivity index (χ3v) is 4.73. The van der Waals surface area contributed by atoms with Crippen LogP contribution in [0.3, 0.4) is 0 Å². The Morgan fingerprint density at radius 2 is 1.31 bits per heavy atom. The van der Waals surface area contributed by atoms with Gasteiger partial charge in [-0.15, -0.1) is 0 Å². The number of anilines is 1. The van der Waals surface area contributed by atoms with E-state index in [1.807, 2.05) is 79.7 Å². The number of nitrogens with one attached hydrogen (secondary N) is 2. The van der Waals surface area contributed by atoms with Crippen LogP contribution in [0.5, 0.6) is 0 Å². The Hall–Kier alpha value is -3.66. The van der Waals surface area contributed by atoms with E-state index in [2.05, 4.69) is 10.6 Å². The molecule has 0 saturated carbocycles. The number of hydrogen-bond acceptors (Lipinski definition) is 2. The van der Waals surface area contributed by atoms with Crippen molar-refractivity contribution in [1.82, 2.24) is 5.32 Å². The highest BCUT2D eigenvalue weighted by atomic mass is 16.2. The van der Waals surface area contributed by atoms with Crippen LogP contribution in [0.4, 0.5) is 5.69 Å². The van der Waals surface area contributed by atoms with Gasteiger partial charge in [-0.25, -0.2) is 0 Å². The van der Waals surface area contributed by atoms with Crippen LogP contribution >= 0.6 is 0 Å². The standard InChI is InChI=1S/C25H24N2O2/c1-19(28)26-23-16-13-20(14-17-23)15-18-24(29)27-25(2,21-9-5-3-6-10-21)22-11-7-4-8-12-22/h3-18H,1-2H3,(H,26,28)(H,27,29)/b18-15+. The third-order valence-electron chi connectivity index (χ3n) is 4.73. The van der Waals surface area contributed by atoms with Crippen molar-refractivity contribution >= 4 is 23.6 Å². The highest BCUT2D eigenvalue weighted by Gasteiger charge is 2.29. The molecule has 0 aliphatic carbocycles. The lowest BCUT2D eigenvalue weighted by atomic mass is 9.84. The molecule has 0 bridgehead atoms. The molecule has 0 aliphatic heterocycles. The monoisotopic (exact) mass is 384 g/mol. The number of carbonyl (C=O) groups excluding carboxylic acids is 2. The van der Waals surface area contributed by atoms with Gasteiger partial charge in [-0.1, -0.05) is 72.8 Å². The summed E-state index contributed by atoms with van der Waals surface area (Å²) in [6, 6.07) is 27.1. The van der Waals surface area contributed by atoms with Crippen LogP contribution in [-0.4, -0.2) is 11.8 Å². The van der Waals surface area contributed by atoms with E-state index in [1.165, 1.54) is 13.0 Å². The normalized spacial score (nSPS) is 11.2. The van der Waals surface area contributed by atoms with Crippen LogP contribution in [0.2, 0.25) is 0 Å². The quantitative estimate of drug-likeness (QED) is 0.603. The zero-order chi connectivity index (χ0) is 20.7. The Balaban J connectivity index is 1.79. The van der Waals surface area contributed by atoms with Gasteiger partial charge >= 0.3 is 0 Å². The van der Waals surface area contributed by atoms with Gasteiger partial charge in [0.25, 0.3) is 0 Å². The maximum absolute atomic E-state index is 12.7. The van der Waals surface area contributed by atoms with Gasteiger partial charge in [0.05, 0.1) is 5.54 Å². The molecule has 0 heterocycles. The number of benzene rings is 3. The molecule has 4 nitrogen and oxygen atoms in total. The van der Waals surface area contributed by atoms with Crippen molar-refractivity contribution in [3.05, 3.63) is 108 Å². The number of carbonyl (C=O) groups is 2. The number of rotatable bonds is 6. The molecule has 4 heteroatoms. The molecule has 0 spiro atoms. The minimum Gasteiger partial charge on any atom is -0.339 e. The molecule has 3 aromatic rings. The summed E-state index contributed by atoms with van der Waals surface area (Å²) >= 11 is 0. The summed E-state index contributed by atoms with van der Waals surface area (Å²) in [5.41, 5.74) is 2.95. The lowest BCUT2D eigenvalue weighted by Crippen LogP contribution is -2.43. The van der Waals surface area contributed by atoms with Crippen molar-refractivity contribution < 1.29 is 9.59 Å². The Morgan fingerprint density at radius 1 is 0.793 bits per heavy atom. The van der Waals surface area contributed by atoms with E-state index in [1.54, 1.807) is 18.2 Å². The summed E-state index contributed by atoms with van der Waals surface area (Å²) in [6.45, 7) is 3.47. The largest absolute Gasteiger partial charge is 0.339 e. The van der Waals surface area contributed by atoms with E-state index in [0.717, 1.165) is 22.4 Å². The Morgan fingerprint density at radius 3 is 1.79 bits per heavy atom. The second-order valence-corrected chi connectivity index (χ2v) is 6.98. The molecule has 3 aromatic carbocycles. The van der Waals surface area contributed by atoms with Crippen molar-refractivity contribution in [3.8, 4) is 0 Å². The van der Waals surface area contributed by atoms with Crippen molar-refractivity contribution in [1.29, 1.82) is 0 Å². The first-order chi connectivity index (χ1) is 14.0. The summed E-state index contributed by atoms with van der Waals surface area (Å²) in [5.74, 6) is -0.306. The van der Waals surface area contributed by atoms with E-state index in [9.17, 15) is 9.59 Å². The molecule has 0 radical (unpaired) electrons. The van der Waals surface area contributed by atoms with Crippen LogP contribution < -0.4 is 10.6 Å². The van der Waals surface area contributed by atoms with Crippen molar-refractivity contribution in [2.24, 2.45) is 0 Å². The highest BCUT2D eigenvalue weighted by Crippen LogP contribution is 2.29. The molecule has 0 aromatic heterocycles. The minimum absolute atomic E-state index is 0.117. The molecular formula is C25H24N2O2. The van der Waals surface area contributed by atoms with Crippen molar-refractivity contribution in [3.63, 3.8) is 0 Å². The van der Waals surface area contributed by atoms with Gasteiger partial charge < -0.3 is 10.6 Å². The zero-order valence-corrected chi connectivity index (χ0v) is 16.6. The number of amides is 2. The summed E-state index contributed by atoms with van der Waals surface area (Å²) in [7, 11) is 0. The topological polar surface area (TPSA) is 58.2 Å². The van der Waals surface area contributed by atoms with Crippen LogP contribution in [0.25, 0.3) is 6.08 Å². The van der Waals surface area contributed by atoms with Gasteiger partial charge in [0.2, 0.25) is 11.8 Å². The fraction of sp³-hybridized carbons (Fsp3) is 0.120. The lowest BCUT2D eigenvalue weighted by molar-refractivity contribution is -0.118. The van der Waals surface area contributed by atoms with Gasteiger partial charge in [0, 0.05) is 18.7 Å². The second kappa shape index (κ2) is 9.02. The van der Waals surface area contributed by atoms with Crippen molar-refractivity contribution in [2.45, 2.75) is 19.4 Å². The Kier molecular flexibility index (Phi) is 6.25. The molecular weight excluding hydrogens is 360 g/mol. The van der Waals surface area contributed by atoms with E-state index < -0.39 is 5.54 Å². The molecule has 0 aliphatic rings. The smallest absolute Gasteiger partial charge is 0.244 e. The maximum atomic E-state index is 12.7.